The Kier molecular flexibility index (Phi) is 10.8. The van der Waals surface area contributed by atoms with E-state index < -0.39 is 6.17 Å². The topological polar surface area (TPSA) is 89.5 Å². The molecule has 1 aromatic carbocycles. The van der Waals surface area contributed by atoms with Crippen LogP contribution in [0.2, 0.25) is 0 Å². The van der Waals surface area contributed by atoms with Crippen LogP contribution in [-0.2, 0) is 0 Å². The number of likely N-dealkylation sites (N-methyl/N-ethyl adjacent to an activating group) is 1. The van der Waals surface area contributed by atoms with Crippen LogP contribution in [0.5, 0.6) is 0 Å². The molecular formula is C33H44N6O. The Bertz CT molecular complexity index is 1310. The summed E-state index contributed by atoms with van der Waals surface area (Å²) in [6, 6.07) is 12.4. The van der Waals surface area contributed by atoms with Gasteiger partial charge in [0.15, 0.2) is 0 Å². The van der Waals surface area contributed by atoms with E-state index in [-0.39, 0.29) is 5.91 Å². The van der Waals surface area contributed by atoms with Crippen LogP contribution in [0.15, 0.2) is 60.0 Å². The summed E-state index contributed by atoms with van der Waals surface area (Å²) < 4.78 is 0. The van der Waals surface area contributed by atoms with Gasteiger partial charge in [-0.3, -0.25) is 14.7 Å². The summed E-state index contributed by atoms with van der Waals surface area (Å²) in [5.74, 6) is 0.562. The third-order valence-electron chi connectivity index (χ3n) is 7.53. The number of carbonyl (C=O) groups excluding carboxylic acids is 1. The van der Waals surface area contributed by atoms with Crippen molar-refractivity contribution in [3.05, 3.63) is 87.9 Å². The molecule has 0 saturated carbocycles. The summed E-state index contributed by atoms with van der Waals surface area (Å²) in [7, 11) is 5.45. The highest BCUT2D eigenvalue weighted by atomic mass is 16.2. The van der Waals surface area contributed by atoms with Gasteiger partial charge in [-0.25, -0.2) is 0 Å². The van der Waals surface area contributed by atoms with Crippen LogP contribution in [0.25, 0.3) is 11.6 Å². The first kappa shape index (κ1) is 30.8. The minimum atomic E-state index is -0.422. The van der Waals surface area contributed by atoms with Gasteiger partial charge >= 0.3 is 0 Å². The molecule has 2 aromatic rings. The molecule has 2 N–H and O–H groups in total. The van der Waals surface area contributed by atoms with Crippen molar-refractivity contribution in [2.75, 3.05) is 40.8 Å². The fourth-order valence-corrected chi connectivity index (χ4v) is 5.29. The molecule has 212 valence electrons. The van der Waals surface area contributed by atoms with Gasteiger partial charge in [0, 0.05) is 56.9 Å². The van der Waals surface area contributed by atoms with E-state index >= 15 is 0 Å². The maximum atomic E-state index is 12.2. The van der Waals surface area contributed by atoms with E-state index in [0.717, 1.165) is 60.4 Å². The van der Waals surface area contributed by atoms with Gasteiger partial charge in [-0.1, -0.05) is 37.6 Å². The van der Waals surface area contributed by atoms with E-state index in [2.05, 4.69) is 41.1 Å². The maximum absolute atomic E-state index is 12.2. The fourth-order valence-electron chi connectivity index (χ4n) is 5.29. The molecule has 1 atom stereocenters. The lowest BCUT2D eigenvalue weighted by molar-refractivity contribution is 0.0827. The highest BCUT2D eigenvalue weighted by molar-refractivity contribution is 5.93. The number of nitrogens with zero attached hydrogens (tertiary/aromatic N) is 5. The number of amides is 1. The molecule has 2 aliphatic heterocycles. The number of aromatic nitrogens is 1. The number of nitrogens with two attached hydrogens (primary N) is 1. The van der Waals surface area contributed by atoms with E-state index in [1.165, 1.54) is 11.1 Å². The molecule has 1 saturated heterocycles. The molecule has 40 heavy (non-hydrogen) atoms. The van der Waals surface area contributed by atoms with Crippen LogP contribution in [0.4, 0.5) is 0 Å². The Morgan fingerprint density at radius 2 is 1.82 bits per heavy atom. The molecule has 2 aliphatic rings. The SMILES string of the molecule is C/C(=C\c1c(C2=CN(C)C(N)C(C#N)=C2)ccnc1C)CN1CCC(c2ccc(C(=O)N(C)C)cc2)CC1.CC. The maximum Gasteiger partial charge on any atom is 0.253 e. The molecular weight excluding hydrogens is 496 g/mol. The van der Waals surface area contributed by atoms with Crippen LogP contribution in [0.3, 0.4) is 0 Å². The van der Waals surface area contributed by atoms with Gasteiger partial charge in [-0.2, -0.15) is 5.26 Å². The number of hydrogen-bond acceptors (Lipinski definition) is 6. The van der Waals surface area contributed by atoms with Crippen molar-refractivity contribution in [1.29, 1.82) is 5.26 Å². The van der Waals surface area contributed by atoms with Gasteiger partial charge in [0.1, 0.15) is 6.17 Å². The van der Waals surface area contributed by atoms with E-state index in [1.54, 1.807) is 19.0 Å². The van der Waals surface area contributed by atoms with Crippen molar-refractivity contribution in [3.8, 4) is 6.07 Å². The quantitative estimate of drug-likeness (QED) is 0.526. The lowest BCUT2D eigenvalue weighted by atomic mass is 9.88. The Hall–Kier alpha value is -3.73. The molecule has 0 aliphatic carbocycles. The second-order valence-electron chi connectivity index (χ2n) is 10.6. The van der Waals surface area contributed by atoms with E-state index in [4.69, 9.17) is 5.73 Å². The lowest BCUT2D eigenvalue weighted by Crippen LogP contribution is -2.38. The summed E-state index contributed by atoms with van der Waals surface area (Å²) in [4.78, 5) is 22.7. The molecule has 1 amide bonds. The third-order valence-corrected chi connectivity index (χ3v) is 7.53. The lowest BCUT2D eigenvalue weighted by Gasteiger charge is -2.32. The molecule has 1 aromatic heterocycles. The molecule has 0 bridgehead atoms. The van der Waals surface area contributed by atoms with Crippen LogP contribution in [-0.4, -0.2) is 72.5 Å². The number of piperidine rings is 1. The van der Waals surface area contributed by atoms with Gasteiger partial charge in [-0.15, -0.1) is 0 Å². The number of hydrogen-bond donors (Lipinski definition) is 1. The second kappa shape index (κ2) is 14.1. The van der Waals surface area contributed by atoms with Crippen molar-refractivity contribution in [1.82, 2.24) is 19.7 Å². The molecule has 3 heterocycles. The van der Waals surface area contributed by atoms with Gasteiger partial charge in [0.25, 0.3) is 5.91 Å². The number of benzene rings is 1. The average molecular weight is 541 g/mol. The number of nitriles is 1. The minimum Gasteiger partial charge on any atom is -0.360 e. The summed E-state index contributed by atoms with van der Waals surface area (Å²) >= 11 is 0. The van der Waals surface area contributed by atoms with Crippen molar-refractivity contribution in [3.63, 3.8) is 0 Å². The largest absolute Gasteiger partial charge is 0.360 e. The van der Waals surface area contributed by atoms with Crippen molar-refractivity contribution in [2.45, 2.75) is 52.6 Å². The predicted molar refractivity (Wildman–Crippen MR) is 164 cm³/mol. The molecule has 1 fully saturated rings. The third kappa shape index (κ3) is 7.26. The summed E-state index contributed by atoms with van der Waals surface area (Å²) in [5, 5.41) is 9.54. The second-order valence-corrected chi connectivity index (χ2v) is 10.6. The first-order valence-electron chi connectivity index (χ1n) is 14.2. The summed E-state index contributed by atoms with van der Waals surface area (Å²) in [6.45, 7) is 11.2. The monoisotopic (exact) mass is 540 g/mol. The summed E-state index contributed by atoms with van der Waals surface area (Å²) in [5.41, 5.74) is 14.1. The molecule has 0 spiro atoms. The van der Waals surface area contributed by atoms with Crippen molar-refractivity contribution >= 4 is 17.6 Å². The number of rotatable bonds is 6. The van der Waals surface area contributed by atoms with Gasteiger partial charge in [0.05, 0.1) is 11.6 Å². The van der Waals surface area contributed by atoms with Crippen LogP contribution >= 0.6 is 0 Å². The molecule has 1 unspecified atom stereocenters. The molecule has 0 radical (unpaired) electrons. The van der Waals surface area contributed by atoms with Gasteiger partial charge in [0.2, 0.25) is 0 Å². The van der Waals surface area contributed by atoms with Gasteiger partial charge < -0.3 is 15.5 Å². The average Bonchev–Trinajstić information content (AvgIpc) is 2.96. The number of aryl methyl sites for hydroxylation is 1. The van der Waals surface area contributed by atoms with Gasteiger partial charge in [-0.05, 0) is 86.7 Å². The Morgan fingerprint density at radius 1 is 1.18 bits per heavy atom. The molecule has 4 rings (SSSR count). The highest BCUT2D eigenvalue weighted by Gasteiger charge is 2.23. The number of pyridine rings is 1. The predicted octanol–water partition coefficient (Wildman–Crippen LogP) is 5.42. The Morgan fingerprint density at radius 3 is 2.42 bits per heavy atom. The zero-order valence-electron chi connectivity index (χ0n) is 25.1. The zero-order chi connectivity index (χ0) is 29.4. The minimum absolute atomic E-state index is 0.0394. The Balaban J connectivity index is 0.00000216. The van der Waals surface area contributed by atoms with Crippen molar-refractivity contribution < 1.29 is 4.79 Å². The highest BCUT2D eigenvalue weighted by Crippen LogP contribution is 2.31. The first-order chi connectivity index (χ1) is 19.2. The fraction of sp³-hybridized carbons (Fsp3) is 0.424. The van der Waals surface area contributed by atoms with Crippen LogP contribution in [0.1, 0.15) is 72.3 Å². The van der Waals surface area contributed by atoms with Crippen LogP contribution in [0, 0.1) is 18.3 Å². The van der Waals surface area contributed by atoms with E-state index in [1.807, 2.05) is 69.4 Å². The summed E-state index contributed by atoms with van der Waals surface area (Å²) in [6.07, 6.45) is 9.73. The van der Waals surface area contributed by atoms with Crippen LogP contribution < -0.4 is 5.73 Å². The van der Waals surface area contributed by atoms with Crippen molar-refractivity contribution in [2.24, 2.45) is 5.73 Å². The molecule has 7 heteroatoms. The first-order valence-corrected chi connectivity index (χ1v) is 14.2. The number of carbonyl (C=O) groups is 1. The smallest absolute Gasteiger partial charge is 0.253 e. The standard InChI is InChI=1S/C31H38N6O.C2H6/c1-21(16-29-22(2)34-13-10-28(29)27-17-26(18-32)30(33)36(5)20-27)19-37-14-11-24(12-15-37)23-6-8-25(9-7-23)31(38)35(3)4;1-2/h6-10,13,16-17,20,24,30H,11-12,14-15,19,33H2,1-5H3;1-2H3/b21-16+;. The zero-order valence-corrected chi connectivity index (χ0v) is 25.1. The number of likely N-dealkylation sites (tertiary alicyclic amines) is 1. The van der Waals surface area contributed by atoms with E-state index in [0.29, 0.717) is 11.5 Å². The Labute approximate surface area is 240 Å². The number of allylic oxidation sites excluding steroid dienone is 2. The molecule has 7 nitrogen and oxygen atoms in total. The normalized spacial score (nSPS) is 18.2. The van der Waals surface area contributed by atoms with E-state index in [9.17, 15) is 10.1 Å².